The van der Waals surface area contributed by atoms with Crippen molar-refractivity contribution in [2.24, 2.45) is 0 Å². The van der Waals surface area contributed by atoms with Gasteiger partial charge in [0.25, 0.3) is 0 Å². The molecule has 2 fully saturated rings. The number of carboxylic acid groups (broad SMARTS) is 1. The van der Waals surface area contributed by atoms with Crippen molar-refractivity contribution >= 4 is 11.9 Å². The lowest BCUT2D eigenvalue weighted by Gasteiger charge is -2.20. The number of nitrogens with one attached hydrogen (secondary N) is 1. The SMILES string of the molecule is O=C(CN1CCC[C@@H]1C(=O)O)NCc1ccc(CN2CCCC2)cc1. The van der Waals surface area contributed by atoms with Crippen molar-refractivity contribution in [2.75, 3.05) is 26.2 Å². The largest absolute Gasteiger partial charge is 0.480 e. The van der Waals surface area contributed by atoms with Crippen LogP contribution in [0.15, 0.2) is 24.3 Å². The van der Waals surface area contributed by atoms with Crippen LogP contribution in [0.1, 0.15) is 36.8 Å². The molecule has 2 aliphatic heterocycles. The van der Waals surface area contributed by atoms with Crippen molar-refractivity contribution in [2.45, 2.75) is 44.8 Å². The number of benzene rings is 1. The Morgan fingerprint density at radius 1 is 1.04 bits per heavy atom. The highest BCUT2D eigenvalue weighted by Crippen LogP contribution is 2.17. The van der Waals surface area contributed by atoms with E-state index in [-0.39, 0.29) is 12.5 Å². The fourth-order valence-corrected chi connectivity index (χ4v) is 3.70. The van der Waals surface area contributed by atoms with Gasteiger partial charge in [-0.15, -0.1) is 0 Å². The lowest BCUT2D eigenvalue weighted by Crippen LogP contribution is -2.42. The summed E-state index contributed by atoms with van der Waals surface area (Å²) in [5.41, 5.74) is 2.37. The fourth-order valence-electron chi connectivity index (χ4n) is 3.70. The maximum Gasteiger partial charge on any atom is 0.320 e. The summed E-state index contributed by atoms with van der Waals surface area (Å²) >= 11 is 0. The number of rotatable bonds is 7. The van der Waals surface area contributed by atoms with Crippen LogP contribution in [-0.4, -0.2) is 59.0 Å². The van der Waals surface area contributed by atoms with Crippen molar-refractivity contribution in [1.82, 2.24) is 15.1 Å². The fraction of sp³-hybridized carbons (Fsp3) is 0.579. The molecule has 25 heavy (non-hydrogen) atoms. The van der Waals surface area contributed by atoms with Gasteiger partial charge in [0.05, 0.1) is 6.54 Å². The standard InChI is InChI=1S/C19H27N3O3/c23-18(14-22-11-3-4-17(22)19(24)25)20-12-15-5-7-16(8-6-15)13-21-9-1-2-10-21/h5-8,17H,1-4,9-14H2,(H,20,23)(H,24,25)/t17-/m1/s1. The Morgan fingerprint density at radius 3 is 2.40 bits per heavy atom. The number of nitrogens with zero attached hydrogens (tertiary/aromatic N) is 2. The van der Waals surface area contributed by atoms with Crippen LogP contribution in [0.25, 0.3) is 0 Å². The third-order valence-corrected chi connectivity index (χ3v) is 5.11. The molecule has 2 N–H and O–H groups in total. The molecule has 6 heteroatoms. The zero-order valence-corrected chi connectivity index (χ0v) is 14.6. The van der Waals surface area contributed by atoms with Crippen LogP contribution in [0.5, 0.6) is 0 Å². The van der Waals surface area contributed by atoms with Crippen molar-refractivity contribution in [3.63, 3.8) is 0 Å². The Morgan fingerprint density at radius 2 is 1.72 bits per heavy atom. The minimum absolute atomic E-state index is 0.116. The molecule has 1 aromatic rings. The number of carboxylic acids is 1. The van der Waals surface area contributed by atoms with Crippen LogP contribution < -0.4 is 5.32 Å². The highest BCUT2D eigenvalue weighted by Gasteiger charge is 2.31. The lowest BCUT2D eigenvalue weighted by molar-refractivity contribution is -0.142. The molecule has 2 heterocycles. The first kappa shape index (κ1) is 17.9. The van der Waals surface area contributed by atoms with Gasteiger partial charge in [0.2, 0.25) is 5.91 Å². The van der Waals surface area contributed by atoms with Crippen molar-refractivity contribution < 1.29 is 14.7 Å². The molecule has 3 rings (SSSR count). The van der Waals surface area contributed by atoms with E-state index < -0.39 is 12.0 Å². The van der Waals surface area contributed by atoms with E-state index in [2.05, 4.69) is 34.5 Å². The quantitative estimate of drug-likeness (QED) is 0.782. The Labute approximate surface area is 148 Å². The number of hydrogen-bond donors (Lipinski definition) is 2. The van der Waals surface area contributed by atoms with Crippen molar-refractivity contribution in [1.29, 1.82) is 0 Å². The van der Waals surface area contributed by atoms with Gasteiger partial charge in [-0.05, 0) is 56.4 Å². The molecule has 1 atom stereocenters. The molecule has 0 bridgehead atoms. The zero-order valence-electron chi connectivity index (χ0n) is 14.6. The molecule has 0 spiro atoms. The Bertz CT molecular complexity index is 596. The van der Waals surface area contributed by atoms with Crippen LogP contribution in [0, 0.1) is 0 Å². The maximum atomic E-state index is 12.1. The molecule has 2 saturated heterocycles. The molecule has 0 aromatic heterocycles. The molecule has 1 aromatic carbocycles. The topological polar surface area (TPSA) is 72.9 Å². The molecule has 2 aliphatic rings. The maximum absolute atomic E-state index is 12.1. The van der Waals surface area contributed by atoms with Gasteiger partial charge in [0, 0.05) is 13.1 Å². The second kappa shape index (κ2) is 8.45. The minimum Gasteiger partial charge on any atom is -0.480 e. The van der Waals surface area contributed by atoms with Gasteiger partial charge in [-0.25, -0.2) is 0 Å². The summed E-state index contributed by atoms with van der Waals surface area (Å²) in [7, 11) is 0. The zero-order chi connectivity index (χ0) is 17.6. The summed E-state index contributed by atoms with van der Waals surface area (Å²) in [6.07, 6.45) is 4.05. The van der Waals surface area contributed by atoms with Gasteiger partial charge in [-0.1, -0.05) is 24.3 Å². The predicted octanol–water partition coefficient (Wildman–Crippen LogP) is 1.45. The number of likely N-dealkylation sites (tertiary alicyclic amines) is 2. The third-order valence-electron chi connectivity index (χ3n) is 5.11. The van der Waals surface area contributed by atoms with E-state index in [1.165, 1.54) is 31.5 Å². The second-order valence-corrected chi connectivity index (χ2v) is 7.04. The van der Waals surface area contributed by atoms with E-state index >= 15 is 0 Å². The van der Waals surface area contributed by atoms with Crippen LogP contribution >= 0.6 is 0 Å². The number of carbonyl (C=O) groups is 2. The Hall–Kier alpha value is -1.92. The van der Waals surface area contributed by atoms with E-state index in [1.807, 2.05) is 0 Å². The molecule has 0 aliphatic carbocycles. The summed E-state index contributed by atoms with van der Waals surface area (Å²) in [6.45, 7) is 4.68. The van der Waals surface area contributed by atoms with Crippen molar-refractivity contribution in [3.8, 4) is 0 Å². The Kier molecular flexibility index (Phi) is 6.04. The number of amides is 1. The highest BCUT2D eigenvalue weighted by molar-refractivity contribution is 5.80. The van der Waals surface area contributed by atoms with Gasteiger partial charge >= 0.3 is 5.97 Å². The molecular weight excluding hydrogens is 318 g/mol. The molecule has 136 valence electrons. The number of hydrogen-bond acceptors (Lipinski definition) is 4. The van der Waals surface area contributed by atoms with E-state index in [1.54, 1.807) is 4.90 Å². The van der Waals surface area contributed by atoms with E-state index in [0.29, 0.717) is 19.5 Å². The van der Waals surface area contributed by atoms with Crippen LogP contribution in [0.4, 0.5) is 0 Å². The summed E-state index contributed by atoms with van der Waals surface area (Å²) in [4.78, 5) is 27.4. The summed E-state index contributed by atoms with van der Waals surface area (Å²) in [5, 5.41) is 12.0. The molecule has 0 unspecified atom stereocenters. The van der Waals surface area contributed by atoms with Gasteiger partial charge in [0.1, 0.15) is 6.04 Å². The first-order chi connectivity index (χ1) is 12.1. The highest BCUT2D eigenvalue weighted by atomic mass is 16.4. The molecule has 0 radical (unpaired) electrons. The summed E-state index contributed by atoms with van der Waals surface area (Å²) in [6, 6.07) is 7.85. The van der Waals surface area contributed by atoms with Crippen molar-refractivity contribution in [3.05, 3.63) is 35.4 Å². The molecule has 6 nitrogen and oxygen atoms in total. The molecular formula is C19H27N3O3. The van der Waals surface area contributed by atoms with E-state index in [4.69, 9.17) is 5.11 Å². The predicted molar refractivity (Wildman–Crippen MR) is 95.0 cm³/mol. The lowest BCUT2D eigenvalue weighted by atomic mass is 10.1. The Balaban J connectivity index is 1.43. The van der Waals surface area contributed by atoms with Gasteiger partial charge < -0.3 is 10.4 Å². The average molecular weight is 345 g/mol. The third kappa shape index (κ3) is 5.03. The molecule has 0 saturated carbocycles. The minimum atomic E-state index is -0.834. The van der Waals surface area contributed by atoms with Crippen LogP contribution in [-0.2, 0) is 22.7 Å². The first-order valence-corrected chi connectivity index (χ1v) is 9.15. The smallest absolute Gasteiger partial charge is 0.320 e. The summed E-state index contributed by atoms with van der Waals surface area (Å²) in [5.74, 6) is -0.951. The van der Waals surface area contributed by atoms with E-state index in [9.17, 15) is 9.59 Å². The van der Waals surface area contributed by atoms with Gasteiger partial charge in [-0.3, -0.25) is 19.4 Å². The molecule has 1 amide bonds. The first-order valence-electron chi connectivity index (χ1n) is 9.15. The monoisotopic (exact) mass is 345 g/mol. The number of aliphatic carboxylic acids is 1. The van der Waals surface area contributed by atoms with Crippen LogP contribution in [0.3, 0.4) is 0 Å². The van der Waals surface area contributed by atoms with Crippen LogP contribution in [0.2, 0.25) is 0 Å². The van der Waals surface area contributed by atoms with E-state index in [0.717, 1.165) is 18.5 Å². The normalized spacial score (nSPS) is 21.5. The summed E-state index contributed by atoms with van der Waals surface area (Å²) < 4.78 is 0. The number of carbonyl (C=O) groups excluding carboxylic acids is 1. The van der Waals surface area contributed by atoms with Gasteiger partial charge in [0.15, 0.2) is 0 Å². The second-order valence-electron chi connectivity index (χ2n) is 7.04. The van der Waals surface area contributed by atoms with Gasteiger partial charge in [-0.2, -0.15) is 0 Å². The average Bonchev–Trinajstić information content (AvgIpc) is 3.26.